The van der Waals surface area contributed by atoms with E-state index in [1.54, 1.807) is 11.3 Å². The van der Waals surface area contributed by atoms with E-state index >= 15 is 0 Å². The summed E-state index contributed by atoms with van der Waals surface area (Å²) in [6.45, 7) is 0.785. The minimum Gasteiger partial charge on any atom is -0.481 e. The van der Waals surface area contributed by atoms with E-state index in [0.29, 0.717) is 6.04 Å². The summed E-state index contributed by atoms with van der Waals surface area (Å²) in [7, 11) is 0. The van der Waals surface area contributed by atoms with Gasteiger partial charge in [-0.25, -0.2) is 4.98 Å². The molecular formula is C17H19ClN2O2S. The molecule has 6 heteroatoms. The molecule has 23 heavy (non-hydrogen) atoms. The molecule has 0 spiro atoms. The Labute approximate surface area is 144 Å². The van der Waals surface area contributed by atoms with Crippen LogP contribution in [0.1, 0.15) is 30.6 Å². The molecule has 0 unspecified atom stereocenters. The van der Waals surface area contributed by atoms with Crippen LogP contribution in [0, 0.1) is 5.92 Å². The van der Waals surface area contributed by atoms with Crippen molar-refractivity contribution in [2.24, 2.45) is 5.92 Å². The van der Waals surface area contributed by atoms with Crippen LogP contribution >= 0.6 is 22.9 Å². The lowest BCUT2D eigenvalue weighted by molar-refractivity contribution is -0.142. The Bertz CT molecular complexity index is 663. The van der Waals surface area contributed by atoms with E-state index in [-0.39, 0.29) is 5.92 Å². The van der Waals surface area contributed by atoms with E-state index in [0.717, 1.165) is 47.8 Å². The van der Waals surface area contributed by atoms with Crippen molar-refractivity contribution < 1.29 is 9.90 Å². The number of carboxylic acids is 1. The molecule has 122 valence electrons. The highest BCUT2D eigenvalue weighted by atomic mass is 35.5. The normalized spacial score (nSPS) is 21.3. The first kappa shape index (κ1) is 16.4. The van der Waals surface area contributed by atoms with Crippen LogP contribution in [-0.2, 0) is 11.3 Å². The van der Waals surface area contributed by atoms with Gasteiger partial charge in [0.25, 0.3) is 0 Å². The molecule has 1 aliphatic carbocycles. The Morgan fingerprint density at radius 2 is 1.96 bits per heavy atom. The smallest absolute Gasteiger partial charge is 0.306 e. The largest absolute Gasteiger partial charge is 0.481 e. The van der Waals surface area contributed by atoms with Crippen molar-refractivity contribution in [3.63, 3.8) is 0 Å². The minimum absolute atomic E-state index is 0.159. The Morgan fingerprint density at radius 3 is 2.61 bits per heavy atom. The summed E-state index contributed by atoms with van der Waals surface area (Å²) >= 11 is 7.58. The average molecular weight is 351 g/mol. The maximum Gasteiger partial charge on any atom is 0.306 e. The first-order chi connectivity index (χ1) is 11.1. The quantitative estimate of drug-likeness (QED) is 0.848. The van der Waals surface area contributed by atoms with E-state index in [1.807, 2.05) is 30.5 Å². The Balaban J connectivity index is 1.52. The van der Waals surface area contributed by atoms with E-state index in [1.165, 1.54) is 4.88 Å². The first-order valence-corrected chi connectivity index (χ1v) is 8.98. The molecule has 2 N–H and O–H groups in total. The highest BCUT2D eigenvalue weighted by Crippen LogP contribution is 2.28. The van der Waals surface area contributed by atoms with Gasteiger partial charge in [0, 0.05) is 34.2 Å². The van der Waals surface area contributed by atoms with Crippen LogP contribution in [0.5, 0.6) is 0 Å². The summed E-state index contributed by atoms with van der Waals surface area (Å²) in [5, 5.41) is 14.3. The predicted molar refractivity (Wildman–Crippen MR) is 92.8 cm³/mol. The van der Waals surface area contributed by atoms with Crippen molar-refractivity contribution in [3.05, 3.63) is 40.4 Å². The molecule has 0 amide bonds. The highest BCUT2D eigenvalue weighted by molar-refractivity contribution is 7.15. The summed E-state index contributed by atoms with van der Waals surface area (Å²) in [5.74, 6) is -0.813. The van der Waals surface area contributed by atoms with Gasteiger partial charge in [0.1, 0.15) is 5.01 Å². The van der Waals surface area contributed by atoms with Gasteiger partial charge in [-0.1, -0.05) is 23.7 Å². The van der Waals surface area contributed by atoms with Crippen LogP contribution in [0.2, 0.25) is 5.02 Å². The number of nitrogens with one attached hydrogen (secondary N) is 1. The number of carboxylic acid groups (broad SMARTS) is 1. The van der Waals surface area contributed by atoms with Gasteiger partial charge in [0.15, 0.2) is 0 Å². The number of rotatable bonds is 5. The van der Waals surface area contributed by atoms with Gasteiger partial charge in [0.05, 0.1) is 5.92 Å². The maximum absolute atomic E-state index is 11.0. The SMILES string of the molecule is O=C(O)C1CCC(NCc2cnc(-c3ccc(Cl)cc3)s2)CC1. The van der Waals surface area contributed by atoms with Crippen molar-refractivity contribution in [2.45, 2.75) is 38.3 Å². The number of benzene rings is 1. The van der Waals surface area contributed by atoms with Crippen LogP contribution in [0.3, 0.4) is 0 Å². The lowest BCUT2D eigenvalue weighted by atomic mass is 9.86. The number of thiazole rings is 1. The minimum atomic E-state index is -0.654. The average Bonchev–Trinajstić information content (AvgIpc) is 3.03. The van der Waals surface area contributed by atoms with Crippen LogP contribution in [0.4, 0.5) is 0 Å². The molecule has 1 heterocycles. The second-order valence-electron chi connectivity index (χ2n) is 5.91. The maximum atomic E-state index is 11.0. The van der Waals surface area contributed by atoms with Crippen LogP contribution in [0.15, 0.2) is 30.5 Å². The molecule has 1 aromatic heterocycles. The van der Waals surface area contributed by atoms with Crippen molar-refractivity contribution in [3.8, 4) is 10.6 Å². The molecule has 1 aliphatic rings. The molecule has 0 atom stereocenters. The fraction of sp³-hybridized carbons (Fsp3) is 0.412. The zero-order valence-electron chi connectivity index (χ0n) is 12.7. The fourth-order valence-corrected chi connectivity index (χ4v) is 3.90. The third kappa shape index (κ3) is 4.31. The van der Waals surface area contributed by atoms with E-state index in [2.05, 4.69) is 10.3 Å². The van der Waals surface area contributed by atoms with Crippen LogP contribution < -0.4 is 5.32 Å². The number of hydrogen-bond donors (Lipinski definition) is 2. The molecule has 0 aliphatic heterocycles. The molecule has 1 aromatic carbocycles. The third-order valence-corrected chi connectivity index (χ3v) is 5.58. The summed E-state index contributed by atoms with van der Waals surface area (Å²) in [5.41, 5.74) is 1.08. The monoisotopic (exact) mass is 350 g/mol. The predicted octanol–water partition coefficient (Wildman–Crippen LogP) is 4.20. The summed E-state index contributed by atoms with van der Waals surface area (Å²) in [6, 6.07) is 8.11. The zero-order valence-corrected chi connectivity index (χ0v) is 14.2. The summed E-state index contributed by atoms with van der Waals surface area (Å²) in [4.78, 5) is 16.6. The van der Waals surface area contributed by atoms with Crippen molar-refractivity contribution in [2.75, 3.05) is 0 Å². The van der Waals surface area contributed by atoms with E-state index in [9.17, 15) is 4.79 Å². The first-order valence-electron chi connectivity index (χ1n) is 7.78. The second-order valence-corrected chi connectivity index (χ2v) is 7.46. The highest BCUT2D eigenvalue weighted by Gasteiger charge is 2.25. The number of hydrogen-bond acceptors (Lipinski definition) is 4. The lowest BCUT2D eigenvalue weighted by Crippen LogP contribution is -2.34. The molecule has 4 nitrogen and oxygen atoms in total. The Hall–Kier alpha value is -1.43. The molecule has 0 saturated heterocycles. The Morgan fingerprint density at radius 1 is 1.26 bits per heavy atom. The number of aromatic nitrogens is 1. The van der Waals surface area contributed by atoms with E-state index < -0.39 is 5.97 Å². The Kier molecular flexibility index (Phi) is 5.30. The van der Waals surface area contributed by atoms with Gasteiger partial charge in [-0.15, -0.1) is 11.3 Å². The summed E-state index contributed by atoms with van der Waals surface area (Å²) in [6.07, 6.45) is 5.31. The van der Waals surface area contributed by atoms with Gasteiger partial charge in [-0.2, -0.15) is 0 Å². The zero-order chi connectivity index (χ0) is 16.2. The number of nitrogens with zero attached hydrogens (tertiary/aromatic N) is 1. The summed E-state index contributed by atoms with van der Waals surface area (Å²) < 4.78 is 0. The van der Waals surface area contributed by atoms with Crippen molar-refractivity contribution >= 4 is 28.9 Å². The van der Waals surface area contributed by atoms with Crippen molar-refractivity contribution in [1.82, 2.24) is 10.3 Å². The molecule has 0 radical (unpaired) electrons. The number of halogens is 1. The van der Waals surface area contributed by atoms with E-state index in [4.69, 9.17) is 16.7 Å². The molecule has 0 bridgehead atoms. The van der Waals surface area contributed by atoms with Crippen LogP contribution in [0.25, 0.3) is 10.6 Å². The molecule has 2 aromatic rings. The fourth-order valence-electron chi connectivity index (χ4n) is 2.90. The van der Waals surface area contributed by atoms with Gasteiger partial charge in [-0.3, -0.25) is 4.79 Å². The molecule has 3 rings (SSSR count). The molecule has 1 fully saturated rings. The second kappa shape index (κ2) is 7.43. The van der Waals surface area contributed by atoms with Gasteiger partial charge >= 0.3 is 5.97 Å². The van der Waals surface area contributed by atoms with Gasteiger partial charge in [0.2, 0.25) is 0 Å². The molecular weight excluding hydrogens is 332 g/mol. The standard InChI is InChI=1S/C17H19ClN2O2S/c18-13-5-1-11(2-6-13)16-20-10-15(23-16)9-19-14-7-3-12(4-8-14)17(21)22/h1-2,5-6,10,12,14,19H,3-4,7-9H2,(H,21,22). The van der Waals surface area contributed by atoms with Gasteiger partial charge in [-0.05, 0) is 37.8 Å². The molecule has 1 saturated carbocycles. The van der Waals surface area contributed by atoms with Crippen molar-refractivity contribution in [1.29, 1.82) is 0 Å². The lowest BCUT2D eigenvalue weighted by Gasteiger charge is -2.26. The number of aliphatic carboxylic acids is 1. The topological polar surface area (TPSA) is 62.2 Å². The van der Waals surface area contributed by atoms with Crippen LogP contribution in [-0.4, -0.2) is 22.1 Å². The third-order valence-electron chi connectivity index (χ3n) is 4.29. The number of carbonyl (C=O) groups is 1. The van der Waals surface area contributed by atoms with Gasteiger partial charge < -0.3 is 10.4 Å².